The van der Waals surface area contributed by atoms with E-state index in [1.807, 2.05) is 0 Å². The molecule has 0 saturated heterocycles. The molecule has 2 aromatic rings. The van der Waals surface area contributed by atoms with E-state index in [0.717, 1.165) is 29.0 Å². The van der Waals surface area contributed by atoms with Gasteiger partial charge >= 0.3 is 0 Å². The Balaban J connectivity index is 1.71. The van der Waals surface area contributed by atoms with Crippen molar-refractivity contribution in [3.63, 3.8) is 0 Å². The Morgan fingerprint density at radius 3 is 2.75 bits per heavy atom. The number of rotatable bonds is 1. The van der Waals surface area contributed by atoms with Crippen LogP contribution >= 0.6 is 11.3 Å². The van der Waals surface area contributed by atoms with Crippen LogP contribution in [0.15, 0.2) is 24.3 Å². The molecule has 2 heterocycles. The molecule has 102 valence electrons. The van der Waals surface area contributed by atoms with Gasteiger partial charge in [0.05, 0.1) is 5.56 Å². The molecule has 0 radical (unpaired) electrons. The lowest BCUT2D eigenvalue weighted by Crippen LogP contribution is -2.38. The molecule has 1 atom stereocenters. The van der Waals surface area contributed by atoms with Crippen molar-refractivity contribution in [3.8, 4) is 0 Å². The first-order valence-electron chi connectivity index (χ1n) is 7.01. The normalized spacial score (nSPS) is 20.1. The van der Waals surface area contributed by atoms with E-state index in [0.29, 0.717) is 0 Å². The van der Waals surface area contributed by atoms with Gasteiger partial charge in [0, 0.05) is 4.88 Å². The lowest BCUT2D eigenvalue weighted by atomic mass is 10.1. The maximum absolute atomic E-state index is 12.4. The minimum absolute atomic E-state index is 0.0729. The summed E-state index contributed by atoms with van der Waals surface area (Å²) in [6.07, 6.45) is 3.24. The molecule has 4 rings (SSSR count). The Hall–Kier alpha value is -1.81. The summed E-state index contributed by atoms with van der Waals surface area (Å²) >= 11 is 1.76. The van der Waals surface area contributed by atoms with Gasteiger partial charge in [-0.25, -0.2) is 0 Å². The predicted molar refractivity (Wildman–Crippen MR) is 81.4 cm³/mol. The van der Waals surface area contributed by atoms with Crippen molar-refractivity contribution in [1.82, 2.24) is 5.32 Å². The fourth-order valence-corrected chi connectivity index (χ4v) is 4.36. The van der Waals surface area contributed by atoms with Crippen molar-refractivity contribution in [2.75, 3.05) is 5.32 Å². The monoisotopic (exact) mass is 284 g/mol. The molecule has 0 spiro atoms. The van der Waals surface area contributed by atoms with Gasteiger partial charge in [-0.3, -0.25) is 4.79 Å². The third-order valence-corrected chi connectivity index (χ3v) is 5.33. The fourth-order valence-electron chi connectivity index (χ4n) is 3.04. The number of aryl methyl sites for hydroxylation is 2. The zero-order valence-electron chi connectivity index (χ0n) is 11.3. The molecule has 2 aliphatic rings. The number of fused-ring (bicyclic) bond motifs is 3. The van der Waals surface area contributed by atoms with Gasteiger partial charge in [0.15, 0.2) is 0 Å². The molecule has 4 heteroatoms. The first-order chi connectivity index (χ1) is 9.72. The van der Waals surface area contributed by atoms with Gasteiger partial charge in [-0.15, -0.1) is 11.3 Å². The van der Waals surface area contributed by atoms with Crippen LogP contribution in [0.25, 0.3) is 0 Å². The number of amides is 1. The fraction of sp³-hybridized carbons (Fsp3) is 0.312. The highest BCUT2D eigenvalue weighted by atomic mass is 32.1. The second kappa shape index (κ2) is 4.35. The highest BCUT2D eigenvalue weighted by molar-refractivity contribution is 7.16. The van der Waals surface area contributed by atoms with Gasteiger partial charge in [0.25, 0.3) is 5.91 Å². The van der Waals surface area contributed by atoms with Gasteiger partial charge in [0.2, 0.25) is 0 Å². The Kier molecular flexibility index (Phi) is 2.60. The van der Waals surface area contributed by atoms with E-state index in [4.69, 9.17) is 0 Å². The summed E-state index contributed by atoms with van der Waals surface area (Å²) in [5.41, 5.74) is 4.50. The molecule has 1 aromatic carbocycles. The van der Waals surface area contributed by atoms with Crippen molar-refractivity contribution in [2.45, 2.75) is 32.4 Å². The molecule has 0 saturated carbocycles. The number of anilines is 1. The number of thiophene rings is 1. The second-order valence-corrected chi connectivity index (χ2v) is 6.63. The van der Waals surface area contributed by atoms with Crippen LogP contribution in [0.5, 0.6) is 0 Å². The van der Waals surface area contributed by atoms with Gasteiger partial charge in [0.1, 0.15) is 11.2 Å². The third-order valence-electron chi connectivity index (χ3n) is 4.11. The quantitative estimate of drug-likeness (QED) is 0.842. The molecule has 1 amide bonds. The molecule has 1 aromatic heterocycles. The van der Waals surface area contributed by atoms with Crippen molar-refractivity contribution >= 4 is 22.2 Å². The lowest BCUT2D eigenvalue weighted by molar-refractivity contribution is 0.0935. The first-order valence-corrected chi connectivity index (χ1v) is 7.82. The number of hydrogen-bond donors (Lipinski definition) is 2. The SMILES string of the molecule is Cc1ccc(C2NC(=O)c3c(sc4c3CCC4)N2)cc1. The van der Waals surface area contributed by atoms with Crippen molar-refractivity contribution in [1.29, 1.82) is 0 Å². The van der Waals surface area contributed by atoms with Crippen LogP contribution in [-0.4, -0.2) is 5.91 Å². The number of carbonyl (C=O) groups is 1. The first kappa shape index (κ1) is 12.0. The summed E-state index contributed by atoms with van der Waals surface area (Å²) in [5, 5.41) is 7.61. The molecule has 1 aliphatic heterocycles. The van der Waals surface area contributed by atoms with E-state index in [9.17, 15) is 4.79 Å². The molecular formula is C16H16N2OS. The summed E-state index contributed by atoms with van der Waals surface area (Å²) < 4.78 is 0. The minimum atomic E-state index is -0.116. The van der Waals surface area contributed by atoms with Crippen LogP contribution in [0.1, 0.15) is 44.5 Å². The summed E-state index contributed by atoms with van der Waals surface area (Å²) in [6, 6.07) is 8.29. The second-order valence-electron chi connectivity index (χ2n) is 5.52. The van der Waals surface area contributed by atoms with Crippen LogP contribution in [0.4, 0.5) is 5.00 Å². The summed E-state index contributed by atoms with van der Waals surface area (Å²) in [4.78, 5) is 13.8. The van der Waals surface area contributed by atoms with Crippen LogP contribution in [0.2, 0.25) is 0 Å². The number of hydrogen-bond acceptors (Lipinski definition) is 3. The Morgan fingerprint density at radius 2 is 1.95 bits per heavy atom. The van der Waals surface area contributed by atoms with Gasteiger partial charge in [-0.1, -0.05) is 29.8 Å². The van der Waals surface area contributed by atoms with E-state index in [1.165, 1.54) is 22.4 Å². The molecular weight excluding hydrogens is 268 g/mol. The number of benzene rings is 1. The van der Waals surface area contributed by atoms with Crippen LogP contribution in [0, 0.1) is 6.92 Å². The molecule has 20 heavy (non-hydrogen) atoms. The van der Waals surface area contributed by atoms with Gasteiger partial charge < -0.3 is 10.6 Å². The molecule has 2 N–H and O–H groups in total. The van der Waals surface area contributed by atoms with Gasteiger partial charge in [-0.2, -0.15) is 0 Å². The summed E-state index contributed by atoms with van der Waals surface area (Å²) in [7, 11) is 0. The molecule has 3 nitrogen and oxygen atoms in total. The number of nitrogens with one attached hydrogen (secondary N) is 2. The van der Waals surface area contributed by atoms with E-state index >= 15 is 0 Å². The van der Waals surface area contributed by atoms with E-state index in [-0.39, 0.29) is 12.1 Å². The van der Waals surface area contributed by atoms with Crippen molar-refractivity contribution in [3.05, 3.63) is 51.4 Å². The summed E-state index contributed by atoms with van der Waals surface area (Å²) in [5.74, 6) is 0.0729. The highest BCUT2D eigenvalue weighted by Crippen LogP contribution is 2.42. The molecule has 1 aliphatic carbocycles. The van der Waals surface area contributed by atoms with E-state index in [2.05, 4.69) is 41.8 Å². The maximum atomic E-state index is 12.4. The smallest absolute Gasteiger partial charge is 0.256 e. The average Bonchev–Trinajstić information content (AvgIpc) is 2.99. The zero-order chi connectivity index (χ0) is 13.7. The van der Waals surface area contributed by atoms with Crippen LogP contribution in [-0.2, 0) is 12.8 Å². The van der Waals surface area contributed by atoms with Gasteiger partial charge in [-0.05, 0) is 37.3 Å². The summed E-state index contributed by atoms with van der Waals surface area (Å²) in [6.45, 7) is 2.07. The van der Waals surface area contributed by atoms with E-state index < -0.39 is 0 Å². The van der Waals surface area contributed by atoms with Crippen LogP contribution < -0.4 is 10.6 Å². The Labute approximate surface area is 122 Å². The molecule has 0 fully saturated rings. The molecule has 1 unspecified atom stereocenters. The third kappa shape index (κ3) is 1.75. The topological polar surface area (TPSA) is 41.1 Å². The zero-order valence-corrected chi connectivity index (χ0v) is 12.1. The van der Waals surface area contributed by atoms with E-state index in [1.54, 1.807) is 11.3 Å². The minimum Gasteiger partial charge on any atom is -0.353 e. The standard InChI is InChI=1S/C16H16N2OS/c1-9-5-7-10(8-6-9)14-17-15(19)13-11-3-2-4-12(11)20-16(13)18-14/h5-8,14,18H,2-4H2,1H3,(H,17,19). The maximum Gasteiger partial charge on any atom is 0.256 e. The van der Waals surface area contributed by atoms with Crippen molar-refractivity contribution in [2.24, 2.45) is 0 Å². The molecule has 0 bridgehead atoms. The lowest BCUT2D eigenvalue weighted by Gasteiger charge is -2.26. The van der Waals surface area contributed by atoms with Crippen LogP contribution in [0.3, 0.4) is 0 Å². The van der Waals surface area contributed by atoms with Crippen molar-refractivity contribution < 1.29 is 4.79 Å². The Morgan fingerprint density at radius 1 is 1.15 bits per heavy atom. The highest BCUT2D eigenvalue weighted by Gasteiger charge is 2.32. The average molecular weight is 284 g/mol. The number of carbonyl (C=O) groups excluding carboxylic acids is 1. The Bertz CT molecular complexity index is 687. The predicted octanol–water partition coefficient (Wildman–Crippen LogP) is 3.40. The largest absolute Gasteiger partial charge is 0.353 e.